The average molecular weight is 559 g/mol. The molecule has 2 aromatic rings. The van der Waals surface area contributed by atoms with Gasteiger partial charge in [-0.05, 0) is 52.2 Å². The first kappa shape index (κ1) is 18.7. The molecule has 7 atom stereocenters. The van der Waals surface area contributed by atoms with E-state index in [1.54, 1.807) is 17.8 Å². The molecule has 6 rings (SSSR count). The minimum atomic E-state index is -0.414. The Kier molecular flexibility index (Phi) is 3.99. The average Bonchev–Trinajstić information content (AvgIpc) is 3.37. The standard InChI is InChI=1S/C19H13Br2NO5S2/c20-4-1-6(13(23)8(21)2-4)10-9-5-3-7(12-11(5)17(24)27-18(12)25)14(9)28-16-15(10)29-19(26)22-16/h1-2,5,7,9-12,14,23H,3H2,(H,22,26)/t5-,7+,9+,10+,11+,12+,14+/m0/s1. The molecule has 1 saturated heterocycles. The minimum Gasteiger partial charge on any atom is -0.506 e. The highest BCUT2D eigenvalue weighted by atomic mass is 79.9. The Bertz CT molecular complexity index is 1160. The van der Waals surface area contributed by atoms with Crippen LogP contribution in [0.15, 0.2) is 30.9 Å². The van der Waals surface area contributed by atoms with Crippen molar-refractivity contribution in [1.82, 2.24) is 4.98 Å². The first-order chi connectivity index (χ1) is 13.8. The Labute approximate surface area is 189 Å². The van der Waals surface area contributed by atoms with Crippen LogP contribution in [0.25, 0.3) is 0 Å². The largest absolute Gasteiger partial charge is 0.506 e. The third kappa shape index (κ3) is 2.43. The van der Waals surface area contributed by atoms with Crippen LogP contribution in [-0.4, -0.2) is 27.3 Å². The number of aromatic nitrogens is 1. The number of ether oxygens (including phenoxy) is 1. The summed E-state index contributed by atoms with van der Waals surface area (Å²) in [5, 5.41) is 11.8. The van der Waals surface area contributed by atoms with Gasteiger partial charge >= 0.3 is 16.8 Å². The van der Waals surface area contributed by atoms with Gasteiger partial charge in [0.25, 0.3) is 0 Å². The molecule has 0 unspecified atom stereocenters. The number of halogens is 2. The highest BCUT2D eigenvalue weighted by molar-refractivity contribution is 9.11. The number of phenolic OH excluding ortho intramolecular Hbond substituents is 1. The lowest BCUT2D eigenvalue weighted by Gasteiger charge is -2.42. The Morgan fingerprint density at radius 2 is 1.83 bits per heavy atom. The second kappa shape index (κ2) is 6.21. The van der Waals surface area contributed by atoms with Crippen molar-refractivity contribution in [3.05, 3.63) is 41.2 Å². The van der Waals surface area contributed by atoms with E-state index in [1.807, 2.05) is 6.07 Å². The van der Waals surface area contributed by atoms with Crippen molar-refractivity contribution in [3.8, 4) is 5.75 Å². The van der Waals surface area contributed by atoms with Crippen molar-refractivity contribution in [3.63, 3.8) is 0 Å². The van der Waals surface area contributed by atoms with E-state index >= 15 is 0 Å². The van der Waals surface area contributed by atoms with Gasteiger partial charge in [-0.1, -0.05) is 27.3 Å². The smallest absolute Gasteiger partial charge is 0.317 e. The Morgan fingerprint density at radius 1 is 1.10 bits per heavy atom. The Balaban J connectivity index is 1.56. The quantitative estimate of drug-likeness (QED) is 0.407. The van der Waals surface area contributed by atoms with Gasteiger partial charge in [-0.3, -0.25) is 14.4 Å². The number of carbonyl (C=O) groups is 2. The number of benzene rings is 1. The van der Waals surface area contributed by atoms with Crippen molar-refractivity contribution in [2.75, 3.05) is 0 Å². The number of hydrogen-bond acceptors (Lipinski definition) is 7. The molecule has 2 saturated carbocycles. The summed E-state index contributed by atoms with van der Waals surface area (Å²) < 4.78 is 6.37. The number of thiazole rings is 1. The number of aromatic hydroxyl groups is 1. The van der Waals surface area contributed by atoms with E-state index in [4.69, 9.17) is 4.74 Å². The molecule has 2 aliphatic carbocycles. The van der Waals surface area contributed by atoms with Crippen LogP contribution in [0, 0.1) is 29.6 Å². The van der Waals surface area contributed by atoms with E-state index in [-0.39, 0.29) is 45.5 Å². The number of thioether (sulfide) groups is 1. The van der Waals surface area contributed by atoms with Crippen LogP contribution in [0.5, 0.6) is 5.75 Å². The highest BCUT2D eigenvalue weighted by Crippen LogP contribution is 2.68. The Morgan fingerprint density at radius 3 is 2.59 bits per heavy atom. The van der Waals surface area contributed by atoms with Gasteiger partial charge in [0.1, 0.15) is 5.75 Å². The molecular weight excluding hydrogens is 546 g/mol. The summed E-state index contributed by atoms with van der Waals surface area (Å²) in [6, 6.07) is 3.66. The number of aromatic amines is 1. The molecule has 150 valence electrons. The van der Waals surface area contributed by atoms with Crippen LogP contribution < -0.4 is 4.87 Å². The molecule has 0 spiro atoms. The van der Waals surface area contributed by atoms with Crippen LogP contribution in [0.3, 0.4) is 0 Å². The van der Waals surface area contributed by atoms with Crippen molar-refractivity contribution in [1.29, 1.82) is 0 Å². The van der Waals surface area contributed by atoms with Gasteiger partial charge in [-0.2, -0.15) is 0 Å². The van der Waals surface area contributed by atoms with Gasteiger partial charge in [-0.15, -0.1) is 11.8 Å². The second-order valence-electron chi connectivity index (χ2n) is 8.03. The zero-order valence-corrected chi connectivity index (χ0v) is 19.4. The van der Waals surface area contributed by atoms with E-state index in [2.05, 4.69) is 36.8 Å². The monoisotopic (exact) mass is 557 g/mol. The third-order valence-corrected chi connectivity index (χ3v) is 10.5. The number of hydrogen-bond donors (Lipinski definition) is 2. The fourth-order valence-corrected chi connectivity index (χ4v) is 10.1. The summed E-state index contributed by atoms with van der Waals surface area (Å²) in [5.41, 5.74) is 0.722. The predicted molar refractivity (Wildman–Crippen MR) is 113 cm³/mol. The lowest BCUT2D eigenvalue weighted by Crippen LogP contribution is -2.42. The second-order valence-corrected chi connectivity index (χ2v) is 12.0. The third-order valence-electron chi connectivity index (χ3n) is 6.85. The molecule has 1 aromatic carbocycles. The molecular formula is C19H13Br2NO5S2. The summed E-state index contributed by atoms with van der Waals surface area (Å²) in [4.78, 5) is 40.6. The van der Waals surface area contributed by atoms with Crippen LogP contribution in [-0.2, 0) is 14.3 Å². The fourth-order valence-electron chi connectivity index (χ4n) is 5.99. The summed E-state index contributed by atoms with van der Waals surface area (Å²) in [7, 11) is 0. The topological polar surface area (TPSA) is 96.5 Å². The number of fused-ring (bicyclic) bond motifs is 9. The van der Waals surface area contributed by atoms with Crippen molar-refractivity contribution in [2.24, 2.45) is 29.6 Å². The number of phenols is 1. The lowest BCUT2D eigenvalue weighted by molar-refractivity contribution is -0.154. The highest BCUT2D eigenvalue weighted by Gasteiger charge is 2.69. The van der Waals surface area contributed by atoms with E-state index in [0.717, 1.165) is 37.7 Å². The molecule has 2 aliphatic heterocycles. The SMILES string of the molecule is O=C1OC(=O)[C@@H]2[C@H]3C[C@H]([C@@H]12)[C@@H]1[C@@H](c2cc(Br)cc(Br)c2O)c2sc(=O)[nH]c2S[C@H]31. The fraction of sp³-hybridized carbons (Fsp3) is 0.421. The molecule has 0 radical (unpaired) electrons. The molecule has 2 N–H and O–H groups in total. The molecule has 3 fully saturated rings. The summed E-state index contributed by atoms with van der Waals surface area (Å²) >= 11 is 9.69. The van der Waals surface area contributed by atoms with Crippen LogP contribution in [0.4, 0.5) is 0 Å². The summed E-state index contributed by atoms with van der Waals surface area (Å²) in [6.45, 7) is 0. The van der Waals surface area contributed by atoms with Gasteiger partial charge in [0.2, 0.25) is 0 Å². The number of cyclic esters (lactones) is 2. The molecule has 10 heteroatoms. The Hall–Kier alpha value is -1.10. The maximum absolute atomic E-state index is 12.4. The van der Waals surface area contributed by atoms with E-state index in [9.17, 15) is 19.5 Å². The number of carbonyl (C=O) groups excluding carboxylic acids is 2. The maximum Gasteiger partial charge on any atom is 0.317 e. The lowest BCUT2D eigenvalue weighted by atomic mass is 9.68. The zero-order chi connectivity index (χ0) is 20.2. The molecule has 4 aliphatic rings. The van der Waals surface area contributed by atoms with Crippen molar-refractivity contribution in [2.45, 2.75) is 22.6 Å². The van der Waals surface area contributed by atoms with Crippen LogP contribution >= 0.6 is 55.0 Å². The normalized spacial score (nSPS) is 36.7. The number of H-pyrrole nitrogens is 1. The van der Waals surface area contributed by atoms with Gasteiger partial charge in [0.15, 0.2) is 0 Å². The molecule has 29 heavy (non-hydrogen) atoms. The summed E-state index contributed by atoms with van der Waals surface area (Å²) in [5.74, 6) is -1.62. The molecule has 0 amide bonds. The number of rotatable bonds is 1. The maximum atomic E-state index is 12.4. The van der Waals surface area contributed by atoms with E-state index in [1.165, 1.54) is 0 Å². The first-order valence-electron chi connectivity index (χ1n) is 9.18. The molecule has 6 nitrogen and oxygen atoms in total. The predicted octanol–water partition coefficient (Wildman–Crippen LogP) is 3.85. The van der Waals surface area contributed by atoms with Gasteiger partial charge in [0.05, 0.1) is 21.3 Å². The summed E-state index contributed by atoms with van der Waals surface area (Å²) in [6.07, 6.45) is 0.796. The van der Waals surface area contributed by atoms with Crippen molar-refractivity contribution >= 4 is 66.9 Å². The minimum absolute atomic E-state index is 0.00559. The number of nitrogens with one attached hydrogen (secondary N) is 1. The molecule has 1 aromatic heterocycles. The van der Waals surface area contributed by atoms with Crippen molar-refractivity contribution < 1.29 is 19.4 Å². The molecule has 2 bridgehead atoms. The van der Waals surface area contributed by atoms with Gasteiger partial charge < -0.3 is 14.8 Å². The zero-order valence-electron chi connectivity index (χ0n) is 14.6. The van der Waals surface area contributed by atoms with E-state index in [0.29, 0.717) is 4.47 Å². The van der Waals surface area contributed by atoms with Crippen LogP contribution in [0.1, 0.15) is 22.8 Å². The van der Waals surface area contributed by atoms with E-state index < -0.39 is 17.9 Å². The van der Waals surface area contributed by atoms with Gasteiger partial charge in [0, 0.05) is 26.1 Å². The van der Waals surface area contributed by atoms with Crippen LogP contribution in [0.2, 0.25) is 0 Å². The van der Waals surface area contributed by atoms with Gasteiger partial charge in [-0.25, -0.2) is 0 Å². The first-order valence-corrected chi connectivity index (χ1v) is 12.5. The number of esters is 2. The molecule has 3 heterocycles.